The lowest BCUT2D eigenvalue weighted by Crippen LogP contribution is -2.38. The van der Waals surface area contributed by atoms with Crippen LogP contribution in [0.15, 0.2) is 24.3 Å². The number of carboxylic acid groups (broad SMARTS) is 1. The summed E-state index contributed by atoms with van der Waals surface area (Å²) in [7, 11) is -2.37. The number of carboxylic acids is 1. The summed E-state index contributed by atoms with van der Waals surface area (Å²) in [4.78, 5) is 12.6. The van der Waals surface area contributed by atoms with Gasteiger partial charge in [-0.2, -0.15) is 10.6 Å². The van der Waals surface area contributed by atoms with Gasteiger partial charge in [0.15, 0.2) is 0 Å². The molecule has 0 atom stereocenters. The molecular formula is C12H17NO4S. The third-order valence-electron chi connectivity index (χ3n) is 3.03. The van der Waals surface area contributed by atoms with E-state index in [4.69, 9.17) is 5.11 Å². The molecule has 0 amide bonds. The monoisotopic (exact) mass is 271 g/mol. The molecule has 100 valence electrons. The third-order valence-corrected chi connectivity index (χ3v) is 4.71. The summed E-state index contributed by atoms with van der Waals surface area (Å²) in [5, 5.41) is 8.68. The first kappa shape index (κ1) is 13.2. The lowest BCUT2D eigenvalue weighted by molar-refractivity contribution is -0.136. The molecule has 1 aliphatic rings. The molecule has 1 heterocycles. The molecule has 0 unspecified atom stereocenters. The van der Waals surface area contributed by atoms with Crippen molar-refractivity contribution in [3.63, 3.8) is 0 Å². The van der Waals surface area contributed by atoms with E-state index in [1.165, 1.54) is 0 Å². The van der Waals surface area contributed by atoms with E-state index in [0.29, 0.717) is 24.6 Å². The molecule has 0 aromatic heterocycles. The molecule has 0 radical (unpaired) electrons. The number of hydrogen-bond acceptors (Lipinski definition) is 4. The van der Waals surface area contributed by atoms with Crippen molar-refractivity contribution in [2.75, 3.05) is 29.5 Å². The summed E-state index contributed by atoms with van der Waals surface area (Å²) >= 11 is 0. The van der Waals surface area contributed by atoms with Crippen LogP contribution in [0, 0.1) is 0 Å². The smallest absolute Gasteiger partial charge is 0.307 e. The van der Waals surface area contributed by atoms with Crippen molar-refractivity contribution in [1.29, 1.82) is 0 Å². The highest BCUT2D eigenvalue weighted by molar-refractivity contribution is 8.24. The lowest BCUT2D eigenvalue weighted by atomic mass is 10.1. The van der Waals surface area contributed by atoms with Crippen LogP contribution in [0.5, 0.6) is 0 Å². The maximum absolute atomic E-state index is 10.6. The van der Waals surface area contributed by atoms with Crippen molar-refractivity contribution < 1.29 is 19.0 Å². The molecule has 2 rings (SSSR count). The van der Waals surface area contributed by atoms with Crippen LogP contribution in [0.4, 0.5) is 5.69 Å². The van der Waals surface area contributed by atoms with Crippen LogP contribution in [-0.4, -0.2) is 44.8 Å². The second-order valence-corrected chi connectivity index (χ2v) is 6.86. The van der Waals surface area contributed by atoms with E-state index in [0.717, 1.165) is 11.3 Å². The van der Waals surface area contributed by atoms with Gasteiger partial charge in [0, 0.05) is 18.8 Å². The van der Waals surface area contributed by atoms with Crippen molar-refractivity contribution in [1.82, 2.24) is 0 Å². The number of anilines is 1. The maximum Gasteiger partial charge on any atom is 0.307 e. The van der Waals surface area contributed by atoms with E-state index >= 15 is 0 Å². The summed E-state index contributed by atoms with van der Waals surface area (Å²) in [5.74, 6) is -0.0250. The highest BCUT2D eigenvalue weighted by Gasteiger charge is 2.22. The zero-order chi connectivity index (χ0) is 13.2. The Balaban J connectivity index is 2.00. The molecule has 0 aliphatic carbocycles. The van der Waals surface area contributed by atoms with Crippen LogP contribution in [-0.2, 0) is 11.2 Å². The second-order valence-electron chi connectivity index (χ2n) is 4.43. The van der Waals surface area contributed by atoms with E-state index in [9.17, 15) is 13.9 Å². The molecule has 1 aliphatic heterocycles. The number of benzene rings is 1. The Hall–Kier alpha value is -1.24. The van der Waals surface area contributed by atoms with E-state index in [1.54, 1.807) is 12.1 Å². The van der Waals surface area contributed by atoms with Gasteiger partial charge in [-0.1, -0.05) is 12.1 Å². The number of hydrogen-bond donors (Lipinski definition) is 3. The SMILES string of the molecule is O=C(O)Cc1ccc(N2CCS(O)(O)CC2)cc1. The minimum Gasteiger partial charge on any atom is -0.481 e. The molecule has 6 heteroatoms. The Kier molecular flexibility index (Phi) is 3.79. The standard InChI is InChI=1S/C12H17NO4S/c14-12(15)9-10-1-3-11(4-2-10)13-5-7-18(16,17)8-6-13/h1-4,16-17H,5-9H2,(H,14,15). The Morgan fingerprint density at radius 1 is 1.17 bits per heavy atom. The minimum absolute atomic E-state index is 0.0286. The van der Waals surface area contributed by atoms with Crippen molar-refractivity contribution >= 4 is 22.2 Å². The topological polar surface area (TPSA) is 81.0 Å². The van der Waals surface area contributed by atoms with Crippen LogP contribution in [0.25, 0.3) is 0 Å². The van der Waals surface area contributed by atoms with Crippen molar-refractivity contribution in [3.05, 3.63) is 29.8 Å². The minimum atomic E-state index is -2.37. The van der Waals surface area contributed by atoms with Gasteiger partial charge in [0.2, 0.25) is 0 Å². The lowest BCUT2D eigenvalue weighted by Gasteiger charge is -2.41. The first-order chi connectivity index (χ1) is 8.46. The Morgan fingerprint density at radius 3 is 2.22 bits per heavy atom. The fourth-order valence-corrected chi connectivity index (χ4v) is 3.21. The fraction of sp³-hybridized carbons (Fsp3) is 0.417. The summed E-state index contributed by atoms with van der Waals surface area (Å²) < 4.78 is 19.1. The molecule has 1 saturated heterocycles. The normalized spacial score (nSPS) is 20.4. The summed E-state index contributed by atoms with van der Waals surface area (Å²) in [6, 6.07) is 7.37. The number of rotatable bonds is 3. The summed E-state index contributed by atoms with van der Waals surface area (Å²) in [6.07, 6.45) is 0.0286. The average molecular weight is 271 g/mol. The van der Waals surface area contributed by atoms with Crippen LogP contribution >= 0.6 is 10.6 Å². The Bertz CT molecular complexity index is 422. The third kappa shape index (κ3) is 3.38. The summed E-state index contributed by atoms with van der Waals surface area (Å²) in [6.45, 7) is 1.25. The van der Waals surface area contributed by atoms with Crippen LogP contribution in [0.3, 0.4) is 0 Å². The first-order valence-electron chi connectivity index (χ1n) is 5.75. The zero-order valence-electron chi connectivity index (χ0n) is 9.95. The Morgan fingerprint density at radius 2 is 1.72 bits per heavy atom. The van der Waals surface area contributed by atoms with E-state index < -0.39 is 16.6 Å². The van der Waals surface area contributed by atoms with E-state index in [-0.39, 0.29) is 6.42 Å². The average Bonchev–Trinajstić information content (AvgIpc) is 2.30. The molecule has 0 spiro atoms. The van der Waals surface area contributed by atoms with Crippen molar-refractivity contribution in [2.45, 2.75) is 6.42 Å². The number of carbonyl (C=O) groups is 1. The molecule has 5 nitrogen and oxygen atoms in total. The molecule has 3 N–H and O–H groups in total. The predicted molar refractivity (Wildman–Crippen MR) is 72.6 cm³/mol. The molecule has 0 saturated carbocycles. The first-order valence-corrected chi connectivity index (χ1v) is 7.64. The van der Waals surface area contributed by atoms with E-state index in [2.05, 4.69) is 4.90 Å². The van der Waals surface area contributed by atoms with Gasteiger partial charge in [-0.25, -0.2) is 0 Å². The number of aliphatic carboxylic acids is 1. The fourth-order valence-electron chi connectivity index (χ4n) is 1.98. The van der Waals surface area contributed by atoms with Gasteiger partial charge in [-0.3, -0.25) is 13.9 Å². The van der Waals surface area contributed by atoms with Crippen molar-refractivity contribution in [3.8, 4) is 0 Å². The zero-order valence-corrected chi connectivity index (χ0v) is 10.8. The van der Waals surface area contributed by atoms with Crippen molar-refractivity contribution in [2.24, 2.45) is 0 Å². The molecule has 1 fully saturated rings. The van der Waals surface area contributed by atoms with E-state index in [1.807, 2.05) is 12.1 Å². The van der Waals surface area contributed by atoms with Gasteiger partial charge in [-0.05, 0) is 17.7 Å². The van der Waals surface area contributed by atoms with Crippen LogP contribution in [0.2, 0.25) is 0 Å². The van der Waals surface area contributed by atoms with Gasteiger partial charge >= 0.3 is 5.97 Å². The van der Waals surface area contributed by atoms with Crippen LogP contribution < -0.4 is 4.90 Å². The van der Waals surface area contributed by atoms with Gasteiger partial charge in [-0.15, -0.1) is 0 Å². The quantitative estimate of drug-likeness (QED) is 0.782. The maximum atomic E-state index is 10.6. The molecule has 18 heavy (non-hydrogen) atoms. The van der Waals surface area contributed by atoms with Gasteiger partial charge in [0.25, 0.3) is 0 Å². The largest absolute Gasteiger partial charge is 0.481 e. The second kappa shape index (κ2) is 5.17. The molecule has 0 bridgehead atoms. The van der Waals surface area contributed by atoms with Gasteiger partial charge in [0.1, 0.15) is 0 Å². The highest BCUT2D eigenvalue weighted by Crippen LogP contribution is 2.41. The molecule has 1 aromatic carbocycles. The van der Waals surface area contributed by atoms with Gasteiger partial charge in [0.05, 0.1) is 17.9 Å². The van der Waals surface area contributed by atoms with Crippen LogP contribution in [0.1, 0.15) is 5.56 Å². The molecular weight excluding hydrogens is 254 g/mol. The predicted octanol–water partition coefficient (Wildman–Crippen LogP) is 1.88. The highest BCUT2D eigenvalue weighted by atomic mass is 32.3. The molecule has 1 aromatic rings. The summed E-state index contributed by atoms with van der Waals surface area (Å²) in [5.41, 5.74) is 1.77. The Labute approximate surface area is 107 Å². The van der Waals surface area contributed by atoms with Gasteiger partial charge < -0.3 is 10.0 Å². The number of nitrogens with zero attached hydrogens (tertiary/aromatic N) is 1.